The topological polar surface area (TPSA) is 12.0 Å². The maximum Gasteiger partial charge on any atom is 0.0178 e. The summed E-state index contributed by atoms with van der Waals surface area (Å²) in [4.78, 5) is 0. The third-order valence-corrected chi connectivity index (χ3v) is 7.01. The molecule has 1 nitrogen and oxygen atoms in total. The molecule has 19 heavy (non-hydrogen) atoms. The summed E-state index contributed by atoms with van der Waals surface area (Å²) in [5, 5.41) is 4.40. The highest BCUT2D eigenvalue weighted by Crippen LogP contribution is 2.53. The molecule has 2 saturated heterocycles. The van der Waals surface area contributed by atoms with Crippen molar-refractivity contribution in [2.45, 2.75) is 37.4 Å². The fourth-order valence-corrected chi connectivity index (χ4v) is 5.75. The normalized spacial score (nSPS) is 35.5. The first-order valence-electron chi connectivity index (χ1n) is 7.30. The van der Waals surface area contributed by atoms with E-state index in [1.54, 1.807) is 0 Å². The predicted octanol–water partition coefficient (Wildman–Crippen LogP) is 4.43. The molecule has 1 spiro atoms. The van der Waals surface area contributed by atoms with E-state index in [1.807, 2.05) is 0 Å². The van der Waals surface area contributed by atoms with Gasteiger partial charge in [0.1, 0.15) is 0 Å². The first-order chi connectivity index (χ1) is 9.22. The van der Waals surface area contributed by atoms with Gasteiger partial charge >= 0.3 is 0 Å². The Morgan fingerprint density at radius 2 is 2.26 bits per heavy atom. The Kier molecular flexibility index (Phi) is 4.25. The molecule has 0 aliphatic carbocycles. The minimum Gasteiger partial charge on any atom is -0.316 e. The molecular formula is C16H22BrNS. The summed E-state index contributed by atoms with van der Waals surface area (Å²) in [6.07, 6.45) is 4.12. The molecule has 2 aliphatic heterocycles. The van der Waals surface area contributed by atoms with Gasteiger partial charge in [0, 0.05) is 22.2 Å². The van der Waals surface area contributed by atoms with Gasteiger partial charge in [-0.3, -0.25) is 0 Å². The van der Waals surface area contributed by atoms with Crippen molar-refractivity contribution in [3.8, 4) is 0 Å². The lowest BCUT2D eigenvalue weighted by atomic mass is 9.63. The van der Waals surface area contributed by atoms with Crippen LogP contribution in [-0.2, 0) is 0 Å². The molecular weight excluding hydrogens is 318 g/mol. The van der Waals surface area contributed by atoms with Crippen molar-refractivity contribution in [3.63, 3.8) is 0 Å². The zero-order valence-corrected chi connectivity index (χ0v) is 13.9. The van der Waals surface area contributed by atoms with Gasteiger partial charge in [-0.15, -0.1) is 0 Å². The minimum absolute atomic E-state index is 0.509. The average molecular weight is 340 g/mol. The molecule has 3 atom stereocenters. The third kappa shape index (κ3) is 2.62. The van der Waals surface area contributed by atoms with E-state index in [-0.39, 0.29) is 0 Å². The molecule has 0 radical (unpaired) electrons. The number of benzene rings is 1. The van der Waals surface area contributed by atoms with Gasteiger partial charge in [0.05, 0.1) is 0 Å². The molecule has 0 saturated carbocycles. The summed E-state index contributed by atoms with van der Waals surface area (Å²) < 4.78 is 1.21. The molecule has 1 aromatic rings. The Bertz CT molecular complexity index is 444. The molecule has 0 bridgehead atoms. The lowest BCUT2D eigenvalue weighted by Gasteiger charge is -2.51. The van der Waals surface area contributed by atoms with Crippen molar-refractivity contribution in [1.29, 1.82) is 0 Å². The van der Waals surface area contributed by atoms with E-state index in [9.17, 15) is 0 Å². The van der Waals surface area contributed by atoms with Crippen LogP contribution in [-0.4, -0.2) is 24.1 Å². The Balaban J connectivity index is 1.96. The standard InChI is InChI=1S/C16H22BrNS/c1-12-16(6-3-9-19-12)7-8-18-11-15(16)13-4-2-5-14(17)10-13/h2,4-5,10,12,15,18H,3,6-9,11H2,1H3. The smallest absolute Gasteiger partial charge is 0.0178 e. The SMILES string of the molecule is CC1SCCCC12CCNCC2c1cccc(Br)c1. The van der Waals surface area contributed by atoms with Crippen molar-refractivity contribution < 1.29 is 0 Å². The molecule has 1 aromatic carbocycles. The summed E-state index contributed by atoms with van der Waals surface area (Å²) in [6.45, 7) is 4.79. The van der Waals surface area contributed by atoms with Gasteiger partial charge in [0.2, 0.25) is 0 Å². The molecule has 0 amide bonds. The molecule has 3 heteroatoms. The van der Waals surface area contributed by atoms with E-state index in [1.165, 1.54) is 41.6 Å². The molecule has 3 rings (SSSR count). The van der Waals surface area contributed by atoms with Crippen LogP contribution in [0.25, 0.3) is 0 Å². The molecule has 2 aliphatic rings. The van der Waals surface area contributed by atoms with Crippen LogP contribution in [0.2, 0.25) is 0 Å². The fraction of sp³-hybridized carbons (Fsp3) is 0.625. The van der Waals surface area contributed by atoms with E-state index in [0.29, 0.717) is 11.3 Å². The number of rotatable bonds is 1. The predicted molar refractivity (Wildman–Crippen MR) is 88.0 cm³/mol. The van der Waals surface area contributed by atoms with Gasteiger partial charge in [-0.1, -0.05) is 35.0 Å². The first kappa shape index (κ1) is 14.0. The van der Waals surface area contributed by atoms with Crippen LogP contribution in [0.4, 0.5) is 0 Å². The van der Waals surface area contributed by atoms with Crippen LogP contribution in [0.1, 0.15) is 37.7 Å². The van der Waals surface area contributed by atoms with Crippen LogP contribution < -0.4 is 5.32 Å². The zero-order valence-electron chi connectivity index (χ0n) is 11.5. The molecule has 0 aromatic heterocycles. The molecule has 3 unspecified atom stereocenters. The second-order valence-corrected chi connectivity index (χ2v) is 8.28. The summed E-state index contributed by atoms with van der Waals surface area (Å²) >= 11 is 5.82. The van der Waals surface area contributed by atoms with Crippen molar-refractivity contribution in [3.05, 3.63) is 34.3 Å². The lowest BCUT2D eigenvalue weighted by molar-refractivity contribution is 0.142. The number of hydrogen-bond acceptors (Lipinski definition) is 2. The van der Waals surface area contributed by atoms with Crippen LogP contribution in [0, 0.1) is 5.41 Å². The van der Waals surface area contributed by atoms with Gasteiger partial charge in [0.25, 0.3) is 0 Å². The van der Waals surface area contributed by atoms with Crippen LogP contribution >= 0.6 is 27.7 Å². The number of piperidine rings is 1. The highest BCUT2D eigenvalue weighted by atomic mass is 79.9. The van der Waals surface area contributed by atoms with E-state index in [4.69, 9.17) is 0 Å². The van der Waals surface area contributed by atoms with E-state index >= 15 is 0 Å². The first-order valence-corrected chi connectivity index (χ1v) is 9.14. The lowest BCUT2D eigenvalue weighted by Crippen LogP contribution is -2.49. The van der Waals surface area contributed by atoms with E-state index in [0.717, 1.165) is 11.8 Å². The minimum atomic E-state index is 0.509. The maximum atomic E-state index is 3.63. The van der Waals surface area contributed by atoms with Gasteiger partial charge in [0.15, 0.2) is 0 Å². The zero-order chi connectivity index (χ0) is 13.3. The van der Waals surface area contributed by atoms with Gasteiger partial charge in [-0.05, 0) is 54.7 Å². The Hall–Kier alpha value is 0.01000. The molecule has 2 heterocycles. The second-order valence-electron chi connectivity index (χ2n) is 5.91. The quantitative estimate of drug-likeness (QED) is 0.812. The number of halogens is 1. The summed E-state index contributed by atoms with van der Waals surface area (Å²) in [5.41, 5.74) is 2.02. The van der Waals surface area contributed by atoms with Gasteiger partial charge in [-0.25, -0.2) is 0 Å². The van der Waals surface area contributed by atoms with E-state index < -0.39 is 0 Å². The highest BCUT2D eigenvalue weighted by Gasteiger charge is 2.46. The Labute approximate surface area is 129 Å². The van der Waals surface area contributed by atoms with Gasteiger partial charge in [-0.2, -0.15) is 11.8 Å². The monoisotopic (exact) mass is 339 g/mol. The largest absolute Gasteiger partial charge is 0.316 e. The number of thioether (sulfide) groups is 1. The highest BCUT2D eigenvalue weighted by molar-refractivity contribution is 9.10. The van der Waals surface area contributed by atoms with Crippen molar-refractivity contribution in [2.75, 3.05) is 18.8 Å². The van der Waals surface area contributed by atoms with Crippen LogP contribution in [0.15, 0.2) is 28.7 Å². The second kappa shape index (κ2) is 5.79. The number of hydrogen-bond donors (Lipinski definition) is 1. The van der Waals surface area contributed by atoms with Crippen molar-refractivity contribution in [1.82, 2.24) is 5.32 Å². The van der Waals surface area contributed by atoms with Crippen LogP contribution in [0.5, 0.6) is 0 Å². The van der Waals surface area contributed by atoms with Crippen molar-refractivity contribution in [2.24, 2.45) is 5.41 Å². The van der Waals surface area contributed by atoms with E-state index in [2.05, 4.69) is 64.2 Å². The summed E-state index contributed by atoms with van der Waals surface area (Å²) in [7, 11) is 0. The molecule has 2 fully saturated rings. The van der Waals surface area contributed by atoms with Gasteiger partial charge < -0.3 is 5.32 Å². The van der Waals surface area contributed by atoms with Crippen molar-refractivity contribution >= 4 is 27.7 Å². The number of nitrogens with one attached hydrogen (secondary N) is 1. The fourth-order valence-electron chi connectivity index (χ4n) is 3.93. The third-order valence-electron chi connectivity index (χ3n) is 5.02. The average Bonchev–Trinajstić information content (AvgIpc) is 2.43. The molecule has 104 valence electrons. The molecule has 1 N–H and O–H groups in total. The Morgan fingerprint density at radius 3 is 3.05 bits per heavy atom. The maximum absolute atomic E-state index is 3.63. The van der Waals surface area contributed by atoms with Crippen LogP contribution in [0.3, 0.4) is 0 Å². The summed E-state index contributed by atoms with van der Waals surface area (Å²) in [6, 6.07) is 8.95. The Morgan fingerprint density at radius 1 is 1.37 bits per heavy atom. The summed E-state index contributed by atoms with van der Waals surface area (Å²) in [5.74, 6) is 2.02.